The molecule has 2 fully saturated rings. The van der Waals surface area contributed by atoms with E-state index in [2.05, 4.69) is 27.6 Å². The Morgan fingerprint density at radius 1 is 1.21 bits per heavy atom. The molecule has 1 aliphatic carbocycles. The number of hydrogen-bond donors (Lipinski definition) is 2. The number of likely N-dealkylation sites (N-methyl/N-ethyl adjacent to an activating group) is 1. The highest BCUT2D eigenvalue weighted by atomic mass is 16.5. The maximum absolute atomic E-state index is 5.72. The zero-order valence-corrected chi connectivity index (χ0v) is 15.6. The van der Waals surface area contributed by atoms with Crippen molar-refractivity contribution in [1.29, 1.82) is 0 Å². The molecule has 2 N–H and O–H groups in total. The zero-order chi connectivity index (χ0) is 17.0. The molecule has 2 rings (SSSR count). The molecule has 2 aliphatic rings. The number of rotatable bonds is 10. The minimum absolute atomic E-state index is 0.601. The summed E-state index contributed by atoms with van der Waals surface area (Å²) >= 11 is 0. The van der Waals surface area contributed by atoms with Gasteiger partial charge in [-0.3, -0.25) is 4.99 Å². The first-order valence-electron chi connectivity index (χ1n) is 9.60. The van der Waals surface area contributed by atoms with Crippen LogP contribution in [0, 0.1) is 5.92 Å². The molecule has 1 aliphatic heterocycles. The van der Waals surface area contributed by atoms with Crippen LogP contribution >= 0.6 is 0 Å². The summed E-state index contributed by atoms with van der Waals surface area (Å²) in [5, 5.41) is 6.76. The van der Waals surface area contributed by atoms with E-state index < -0.39 is 0 Å². The van der Waals surface area contributed by atoms with Crippen LogP contribution in [0.5, 0.6) is 0 Å². The van der Waals surface area contributed by atoms with E-state index in [1.54, 1.807) is 0 Å². The lowest BCUT2D eigenvalue weighted by atomic mass is 10.1. The molecule has 0 amide bonds. The van der Waals surface area contributed by atoms with Crippen molar-refractivity contribution in [1.82, 2.24) is 15.5 Å². The molecule has 0 aromatic heterocycles. The quantitative estimate of drug-likeness (QED) is 0.358. The van der Waals surface area contributed by atoms with Gasteiger partial charge in [-0.05, 0) is 32.7 Å². The molecule has 1 saturated heterocycles. The Hall–Kier alpha value is -0.850. The molecular formula is C18H36N4O2. The topological polar surface area (TPSA) is 58.1 Å². The molecule has 140 valence electrons. The molecule has 24 heavy (non-hydrogen) atoms. The van der Waals surface area contributed by atoms with Crippen molar-refractivity contribution in [3.63, 3.8) is 0 Å². The van der Waals surface area contributed by atoms with Gasteiger partial charge in [0.1, 0.15) is 0 Å². The SMILES string of the molecule is CN=C(NCCCOCC1CCOC1)NCCN(C)C1CCCC1. The van der Waals surface area contributed by atoms with Gasteiger partial charge >= 0.3 is 0 Å². The summed E-state index contributed by atoms with van der Waals surface area (Å²) in [5.41, 5.74) is 0. The van der Waals surface area contributed by atoms with Gasteiger partial charge in [-0.2, -0.15) is 0 Å². The Kier molecular flexibility index (Phi) is 9.46. The lowest BCUT2D eigenvalue weighted by Gasteiger charge is -2.24. The second-order valence-electron chi connectivity index (χ2n) is 7.00. The number of hydrogen-bond acceptors (Lipinski definition) is 4. The van der Waals surface area contributed by atoms with Gasteiger partial charge in [-0.25, -0.2) is 0 Å². The summed E-state index contributed by atoms with van der Waals surface area (Å²) in [4.78, 5) is 6.76. The second-order valence-corrected chi connectivity index (χ2v) is 7.00. The fraction of sp³-hybridized carbons (Fsp3) is 0.944. The van der Waals surface area contributed by atoms with Gasteiger partial charge in [-0.1, -0.05) is 12.8 Å². The maximum atomic E-state index is 5.72. The van der Waals surface area contributed by atoms with E-state index in [9.17, 15) is 0 Å². The van der Waals surface area contributed by atoms with Crippen LogP contribution in [-0.4, -0.2) is 77.1 Å². The Morgan fingerprint density at radius 3 is 2.71 bits per heavy atom. The average Bonchev–Trinajstić information content (AvgIpc) is 3.29. The van der Waals surface area contributed by atoms with Crippen molar-refractivity contribution in [3.8, 4) is 0 Å². The Bertz CT molecular complexity index is 353. The number of nitrogens with one attached hydrogen (secondary N) is 2. The lowest BCUT2D eigenvalue weighted by Crippen LogP contribution is -2.42. The van der Waals surface area contributed by atoms with Crippen LogP contribution in [0.25, 0.3) is 0 Å². The summed E-state index contributed by atoms with van der Waals surface area (Å²) in [6.07, 6.45) is 7.64. The first-order chi connectivity index (χ1) is 11.8. The van der Waals surface area contributed by atoms with Gasteiger partial charge in [0.2, 0.25) is 0 Å². The molecular weight excluding hydrogens is 304 g/mol. The largest absolute Gasteiger partial charge is 0.381 e. The fourth-order valence-corrected chi connectivity index (χ4v) is 3.44. The van der Waals surface area contributed by atoms with Gasteiger partial charge < -0.3 is 25.0 Å². The van der Waals surface area contributed by atoms with Crippen molar-refractivity contribution in [2.75, 3.05) is 60.2 Å². The molecule has 6 nitrogen and oxygen atoms in total. The van der Waals surface area contributed by atoms with Crippen molar-refractivity contribution < 1.29 is 9.47 Å². The predicted octanol–water partition coefficient (Wildman–Crippen LogP) is 1.47. The van der Waals surface area contributed by atoms with E-state index in [1.807, 2.05) is 7.05 Å². The molecule has 0 radical (unpaired) electrons. The number of guanidine groups is 1. The Morgan fingerprint density at radius 2 is 2.00 bits per heavy atom. The van der Waals surface area contributed by atoms with Crippen LogP contribution in [0.2, 0.25) is 0 Å². The lowest BCUT2D eigenvalue weighted by molar-refractivity contribution is 0.0888. The van der Waals surface area contributed by atoms with Crippen molar-refractivity contribution in [3.05, 3.63) is 0 Å². The molecule has 1 unspecified atom stereocenters. The first kappa shape index (κ1) is 19.5. The monoisotopic (exact) mass is 340 g/mol. The van der Waals surface area contributed by atoms with Crippen LogP contribution in [0.3, 0.4) is 0 Å². The average molecular weight is 341 g/mol. The van der Waals surface area contributed by atoms with Gasteiger partial charge in [0.25, 0.3) is 0 Å². The van der Waals surface area contributed by atoms with Crippen LogP contribution in [0.15, 0.2) is 4.99 Å². The zero-order valence-electron chi connectivity index (χ0n) is 15.6. The summed E-state index contributed by atoms with van der Waals surface area (Å²) in [7, 11) is 4.06. The summed E-state index contributed by atoms with van der Waals surface area (Å²) < 4.78 is 11.1. The van der Waals surface area contributed by atoms with Crippen molar-refractivity contribution in [2.45, 2.75) is 44.6 Å². The number of aliphatic imine (C=N–C) groups is 1. The molecule has 1 saturated carbocycles. The van der Waals surface area contributed by atoms with Crippen LogP contribution in [0.1, 0.15) is 38.5 Å². The normalized spacial score (nSPS) is 22.5. The molecule has 1 atom stereocenters. The van der Waals surface area contributed by atoms with E-state index in [0.29, 0.717) is 5.92 Å². The molecule has 0 bridgehead atoms. The highest BCUT2D eigenvalue weighted by Crippen LogP contribution is 2.21. The van der Waals surface area contributed by atoms with Crippen LogP contribution < -0.4 is 10.6 Å². The molecule has 0 aromatic carbocycles. The van der Waals surface area contributed by atoms with E-state index in [0.717, 1.165) is 70.9 Å². The molecule has 0 aromatic rings. The smallest absolute Gasteiger partial charge is 0.191 e. The van der Waals surface area contributed by atoms with Gasteiger partial charge in [0, 0.05) is 51.9 Å². The van der Waals surface area contributed by atoms with E-state index >= 15 is 0 Å². The van der Waals surface area contributed by atoms with Gasteiger partial charge in [0.15, 0.2) is 5.96 Å². The number of ether oxygens (including phenoxy) is 2. The third-order valence-corrected chi connectivity index (χ3v) is 5.06. The minimum Gasteiger partial charge on any atom is -0.381 e. The van der Waals surface area contributed by atoms with Crippen molar-refractivity contribution >= 4 is 5.96 Å². The third-order valence-electron chi connectivity index (χ3n) is 5.06. The second kappa shape index (κ2) is 11.7. The van der Waals surface area contributed by atoms with E-state index in [1.165, 1.54) is 25.7 Å². The van der Waals surface area contributed by atoms with E-state index in [4.69, 9.17) is 9.47 Å². The van der Waals surface area contributed by atoms with Crippen LogP contribution in [-0.2, 0) is 9.47 Å². The van der Waals surface area contributed by atoms with E-state index in [-0.39, 0.29) is 0 Å². The number of nitrogens with zero attached hydrogens (tertiary/aromatic N) is 2. The van der Waals surface area contributed by atoms with Crippen LogP contribution in [0.4, 0.5) is 0 Å². The summed E-state index contributed by atoms with van der Waals surface area (Å²) in [5.74, 6) is 1.49. The Labute approximate surface area is 147 Å². The maximum Gasteiger partial charge on any atom is 0.191 e. The standard InChI is InChI=1S/C18H36N4O2/c1-19-18(21-10-11-22(2)17-6-3-4-7-17)20-9-5-12-23-14-16-8-13-24-15-16/h16-17H,3-15H2,1-2H3,(H2,19,20,21). The molecule has 0 spiro atoms. The third kappa shape index (κ3) is 7.36. The predicted molar refractivity (Wildman–Crippen MR) is 98.6 cm³/mol. The minimum atomic E-state index is 0.601. The van der Waals surface area contributed by atoms with Crippen molar-refractivity contribution in [2.24, 2.45) is 10.9 Å². The van der Waals surface area contributed by atoms with Gasteiger partial charge in [-0.15, -0.1) is 0 Å². The molecule has 1 heterocycles. The van der Waals surface area contributed by atoms with Gasteiger partial charge in [0.05, 0.1) is 13.2 Å². The summed E-state index contributed by atoms with van der Waals surface area (Å²) in [6, 6.07) is 0.782. The highest BCUT2D eigenvalue weighted by Gasteiger charge is 2.18. The first-order valence-corrected chi connectivity index (χ1v) is 9.60. The molecule has 6 heteroatoms. The summed E-state index contributed by atoms with van der Waals surface area (Å²) in [6.45, 7) is 6.28. The highest BCUT2D eigenvalue weighted by molar-refractivity contribution is 5.79. The Balaban J connectivity index is 1.44. The fourth-order valence-electron chi connectivity index (χ4n) is 3.44.